The standard InChI is InChI=1S/C13H16N2O4S/c1-8(11(16)15-13(18)14-2)19-12(17)9-4-6-10(20-3)7-5-9/h4-8H,1-3H3,(H2,14,15,16,18)/t8-/m0/s1. The van der Waals surface area contributed by atoms with Gasteiger partial charge < -0.3 is 10.1 Å². The Bertz CT molecular complexity index is 502. The highest BCUT2D eigenvalue weighted by atomic mass is 32.2. The highest BCUT2D eigenvalue weighted by Crippen LogP contribution is 2.15. The third-order valence-electron chi connectivity index (χ3n) is 2.44. The summed E-state index contributed by atoms with van der Waals surface area (Å²) in [5.74, 6) is -1.30. The fourth-order valence-electron chi connectivity index (χ4n) is 1.29. The predicted octanol–water partition coefficient (Wildman–Crippen LogP) is 1.41. The van der Waals surface area contributed by atoms with Crippen molar-refractivity contribution in [1.29, 1.82) is 0 Å². The quantitative estimate of drug-likeness (QED) is 0.648. The van der Waals surface area contributed by atoms with Crippen LogP contribution in [0.4, 0.5) is 4.79 Å². The smallest absolute Gasteiger partial charge is 0.338 e. The van der Waals surface area contributed by atoms with Gasteiger partial charge in [0, 0.05) is 11.9 Å². The van der Waals surface area contributed by atoms with Crippen molar-refractivity contribution >= 4 is 29.7 Å². The molecular formula is C13H16N2O4S. The van der Waals surface area contributed by atoms with Crippen LogP contribution in [0.25, 0.3) is 0 Å². The molecule has 0 bridgehead atoms. The van der Waals surface area contributed by atoms with E-state index in [4.69, 9.17) is 4.74 Å². The lowest BCUT2D eigenvalue weighted by atomic mass is 10.2. The highest BCUT2D eigenvalue weighted by Gasteiger charge is 2.20. The first-order valence-corrected chi connectivity index (χ1v) is 7.08. The Labute approximate surface area is 121 Å². The number of benzene rings is 1. The molecule has 0 aliphatic carbocycles. The molecule has 0 spiro atoms. The van der Waals surface area contributed by atoms with E-state index in [2.05, 4.69) is 5.32 Å². The van der Waals surface area contributed by atoms with Crippen LogP contribution in [-0.4, -0.2) is 37.3 Å². The molecule has 1 atom stereocenters. The van der Waals surface area contributed by atoms with Crippen molar-refractivity contribution in [2.45, 2.75) is 17.9 Å². The Hall–Kier alpha value is -2.02. The summed E-state index contributed by atoms with van der Waals surface area (Å²) < 4.78 is 4.98. The molecule has 0 saturated carbocycles. The van der Waals surface area contributed by atoms with Gasteiger partial charge in [0.15, 0.2) is 6.10 Å². The van der Waals surface area contributed by atoms with E-state index in [0.29, 0.717) is 5.56 Å². The Morgan fingerprint density at radius 3 is 2.30 bits per heavy atom. The normalized spacial score (nSPS) is 11.3. The van der Waals surface area contributed by atoms with Crippen molar-refractivity contribution in [2.75, 3.05) is 13.3 Å². The van der Waals surface area contributed by atoms with Gasteiger partial charge in [0.2, 0.25) is 0 Å². The van der Waals surface area contributed by atoms with Gasteiger partial charge in [-0.15, -0.1) is 11.8 Å². The summed E-state index contributed by atoms with van der Waals surface area (Å²) in [6.45, 7) is 1.40. The molecule has 0 unspecified atom stereocenters. The Kier molecular flexibility index (Phi) is 6.05. The summed E-state index contributed by atoms with van der Waals surface area (Å²) in [6, 6.07) is 6.17. The second-order valence-corrected chi connectivity index (χ2v) is 4.72. The van der Waals surface area contributed by atoms with Crippen LogP contribution >= 0.6 is 11.8 Å². The average Bonchev–Trinajstić information content (AvgIpc) is 2.46. The number of carbonyl (C=O) groups excluding carboxylic acids is 3. The molecule has 0 aliphatic rings. The van der Waals surface area contributed by atoms with E-state index in [1.54, 1.807) is 36.0 Å². The SMILES string of the molecule is CNC(=O)NC(=O)[C@H](C)OC(=O)c1ccc(SC)cc1. The van der Waals surface area contributed by atoms with E-state index in [1.807, 2.05) is 11.6 Å². The van der Waals surface area contributed by atoms with Gasteiger partial charge in [-0.3, -0.25) is 10.1 Å². The van der Waals surface area contributed by atoms with Gasteiger partial charge in [-0.25, -0.2) is 9.59 Å². The summed E-state index contributed by atoms with van der Waals surface area (Å²) >= 11 is 1.56. The third kappa shape index (κ3) is 4.58. The number of amides is 3. The molecule has 0 aliphatic heterocycles. The lowest BCUT2D eigenvalue weighted by Crippen LogP contribution is -2.43. The maximum absolute atomic E-state index is 11.8. The summed E-state index contributed by atoms with van der Waals surface area (Å²) in [4.78, 5) is 35.3. The summed E-state index contributed by atoms with van der Waals surface area (Å²) in [5.41, 5.74) is 0.349. The molecule has 0 aromatic heterocycles. The zero-order valence-corrected chi connectivity index (χ0v) is 12.2. The van der Waals surface area contributed by atoms with Crippen molar-refractivity contribution < 1.29 is 19.1 Å². The van der Waals surface area contributed by atoms with E-state index < -0.39 is 24.0 Å². The van der Waals surface area contributed by atoms with Gasteiger partial charge in [0.25, 0.3) is 5.91 Å². The number of thioether (sulfide) groups is 1. The van der Waals surface area contributed by atoms with Crippen molar-refractivity contribution in [3.8, 4) is 0 Å². The number of hydrogen-bond acceptors (Lipinski definition) is 5. The van der Waals surface area contributed by atoms with Crippen LogP contribution in [0, 0.1) is 0 Å². The zero-order chi connectivity index (χ0) is 15.1. The van der Waals surface area contributed by atoms with Crippen LogP contribution in [0.3, 0.4) is 0 Å². The number of imide groups is 1. The molecule has 0 saturated heterocycles. The summed E-state index contributed by atoms with van der Waals surface area (Å²) in [6.07, 6.45) is 0.874. The molecule has 6 nitrogen and oxygen atoms in total. The number of ether oxygens (including phenoxy) is 1. The lowest BCUT2D eigenvalue weighted by Gasteiger charge is -2.12. The van der Waals surface area contributed by atoms with Gasteiger partial charge in [0.05, 0.1) is 5.56 Å². The van der Waals surface area contributed by atoms with E-state index in [0.717, 1.165) is 4.90 Å². The minimum atomic E-state index is -1.06. The van der Waals surface area contributed by atoms with E-state index >= 15 is 0 Å². The maximum atomic E-state index is 11.8. The minimum absolute atomic E-state index is 0.349. The fourth-order valence-corrected chi connectivity index (χ4v) is 1.69. The largest absolute Gasteiger partial charge is 0.449 e. The van der Waals surface area contributed by atoms with Crippen molar-refractivity contribution in [2.24, 2.45) is 0 Å². The molecule has 20 heavy (non-hydrogen) atoms. The van der Waals surface area contributed by atoms with E-state index in [-0.39, 0.29) is 0 Å². The molecule has 1 aromatic carbocycles. The number of hydrogen-bond donors (Lipinski definition) is 2. The Morgan fingerprint density at radius 1 is 1.20 bits per heavy atom. The zero-order valence-electron chi connectivity index (χ0n) is 11.4. The van der Waals surface area contributed by atoms with Crippen molar-refractivity contribution in [1.82, 2.24) is 10.6 Å². The molecule has 0 fully saturated rings. The molecule has 1 aromatic rings. The van der Waals surface area contributed by atoms with Crippen molar-refractivity contribution in [3.63, 3.8) is 0 Å². The average molecular weight is 296 g/mol. The van der Waals surface area contributed by atoms with Crippen LogP contribution in [0.2, 0.25) is 0 Å². The molecule has 108 valence electrons. The number of carbonyl (C=O) groups is 3. The maximum Gasteiger partial charge on any atom is 0.338 e. The van der Waals surface area contributed by atoms with Gasteiger partial charge in [-0.05, 0) is 37.4 Å². The molecule has 3 amide bonds. The number of esters is 1. The van der Waals surface area contributed by atoms with E-state index in [1.165, 1.54) is 14.0 Å². The number of rotatable bonds is 4. The molecule has 0 heterocycles. The van der Waals surface area contributed by atoms with Gasteiger partial charge in [0.1, 0.15) is 0 Å². The first-order chi connectivity index (χ1) is 9.47. The Morgan fingerprint density at radius 2 is 1.80 bits per heavy atom. The topological polar surface area (TPSA) is 84.5 Å². The molecule has 0 radical (unpaired) electrons. The monoisotopic (exact) mass is 296 g/mol. The second-order valence-electron chi connectivity index (χ2n) is 3.84. The van der Waals surface area contributed by atoms with Gasteiger partial charge in [-0.2, -0.15) is 0 Å². The first-order valence-electron chi connectivity index (χ1n) is 5.85. The van der Waals surface area contributed by atoms with Gasteiger partial charge in [-0.1, -0.05) is 0 Å². The van der Waals surface area contributed by atoms with Gasteiger partial charge >= 0.3 is 12.0 Å². The third-order valence-corrected chi connectivity index (χ3v) is 3.19. The molecule has 7 heteroatoms. The highest BCUT2D eigenvalue weighted by molar-refractivity contribution is 7.98. The van der Waals surface area contributed by atoms with Crippen LogP contribution in [0.1, 0.15) is 17.3 Å². The molecule has 1 rings (SSSR count). The predicted molar refractivity (Wildman–Crippen MR) is 75.7 cm³/mol. The van der Waals surface area contributed by atoms with Crippen LogP contribution in [-0.2, 0) is 9.53 Å². The number of nitrogens with one attached hydrogen (secondary N) is 2. The molecular weight excluding hydrogens is 280 g/mol. The van der Waals surface area contributed by atoms with Crippen LogP contribution in [0.5, 0.6) is 0 Å². The van der Waals surface area contributed by atoms with Crippen molar-refractivity contribution in [3.05, 3.63) is 29.8 Å². The Balaban J connectivity index is 2.60. The first kappa shape index (κ1) is 16.0. The fraction of sp³-hybridized carbons (Fsp3) is 0.308. The molecule has 2 N–H and O–H groups in total. The van der Waals surface area contributed by atoms with Crippen LogP contribution in [0.15, 0.2) is 29.2 Å². The van der Waals surface area contributed by atoms with Crippen LogP contribution < -0.4 is 10.6 Å². The summed E-state index contributed by atoms with van der Waals surface area (Å²) in [7, 11) is 1.38. The number of urea groups is 1. The lowest BCUT2D eigenvalue weighted by molar-refractivity contribution is -0.127. The van der Waals surface area contributed by atoms with E-state index in [9.17, 15) is 14.4 Å². The summed E-state index contributed by atoms with van der Waals surface area (Å²) in [5, 5.41) is 4.27. The minimum Gasteiger partial charge on any atom is -0.449 e. The second kappa shape index (κ2) is 7.54.